The molecule has 0 radical (unpaired) electrons. The second-order valence-corrected chi connectivity index (χ2v) is 7.91. The molecule has 0 bridgehead atoms. The number of imidazole rings is 1. The predicted molar refractivity (Wildman–Crippen MR) is 114 cm³/mol. The van der Waals surface area contributed by atoms with Gasteiger partial charge in [-0.05, 0) is 43.5 Å². The van der Waals surface area contributed by atoms with Gasteiger partial charge in [-0.3, -0.25) is 9.71 Å². The fourth-order valence-corrected chi connectivity index (χ4v) is 3.20. The van der Waals surface area contributed by atoms with Crippen LogP contribution in [0.25, 0.3) is 11.1 Å². The molecule has 0 fully saturated rings. The highest BCUT2D eigenvalue weighted by Crippen LogP contribution is 2.29. The minimum Gasteiger partial charge on any atom is -0.334 e. The van der Waals surface area contributed by atoms with Crippen molar-refractivity contribution in [3.8, 4) is 11.1 Å². The smallest absolute Gasteiger partial charge is 0.329 e. The number of carbonyl (C=O) groups is 1. The number of urea groups is 1. The number of amides is 2. The van der Waals surface area contributed by atoms with Gasteiger partial charge in [0.15, 0.2) is 0 Å². The zero-order valence-corrected chi connectivity index (χ0v) is 17.3. The Morgan fingerprint density at radius 2 is 1.89 bits per heavy atom. The number of hydrogen-bond acceptors (Lipinski definition) is 4. The zero-order chi connectivity index (χ0) is 20.1. The molecule has 2 aromatic heterocycles. The summed E-state index contributed by atoms with van der Waals surface area (Å²) in [5, 5.41) is 3.68. The Labute approximate surface area is 169 Å². The standard InChI is InChI=1S/C21H25N5OS/c1-14(2)19-11-16(9-10-22-19)17-7-5-6-8-18(17)24-21(27)25-28-20-12-26(13-23-20)15(3)4/h5-15H,1-4H3,(H2,24,25,27). The molecular formula is C21H25N5OS. The third-order valence-electron chi connectivity index (χ3n) is 4.28. The molecule has 0 aliphatic carbocycles. The van der Waals surface area contributed by atoms with E-state index >= 15 is 0 Å². The maximum atomic E-state index is 12.4. The quantitative estimate of drug-likeness (QED) is 0.542. The van der Waals surface area contributed by atoms with E-state index < -0.39 is 0 Å². The van der Waals surface area contributed by atoms with E-state index in [2.05, 4.69) is 53.8 Å². The average Bonchev–Trinajstić information content (AvgIpc) is 3.16. The molecule has 1 aromatic carbocycles. The van der Waals surface area contributed by atoms with Crippen LogP contribution >= 0.6 is 11.9 Å². The number of para-hydroxylation sites is 1. The Morgan fingerprint density at radius 3 is 2.61 bits per heavy atom. The van der Waals surface area contributed by atoms with Crippen LogP contribution < -0.4 is 10.0 Å². The summed E-state index contributed by atoms with van der Waals surface area (Å²) in [6.45, 7) is 8.39. The molecule has 28 heavy (non-hydrogen) atoms. The van der Waals surface area contributed by atoms with Crippen LogP contribution in [0, 0.1) is 0 Å². The zero-order valence-electron chi connectivity index (χ0n) is 16.5. The van der Waals surface area contributed by atoms with Crippen LogP contribution in [-0.2, 0) is 0 Å². The van der Waals surface area contributed by atoms with Gasteiger partial charge in [0.25, 0.3) is 0 Å². The lowest BCUT2D eigenvalue weighted by Crippen LogP contribution is -2.23. The molecule has 2 heterocycles. The van der Waals surface area contributed by atoms with Gasteiger partial charge < -0.3 is 9.88 Å². The van der Waals surface area contributed by atoms with Crippen molar-refractivity contribution in [1.82, 2.24) is 19.3 Å². The van der Waals surface area contributed by atoms with Gasteiger partial charge in [0, 0.05) is 41.6 Å². The predicted octanol–water partition coefficient (Wildman–Crippen LogP) is 5.48. The van der Waals surface area contributed by atoms with Crippen LogP contribution in [0.2, 0.25) is 0 Å². The summed E-state index contributed by atoms with van der Waals surface area (Å²) in [5.41, 5.74) is 3.75. The molecule has 0 saturated carbocycles. The number of anilines is 1. The number of rotatable bonds is 6. The van der Waals surface area contributed by atoms with E-state index in [9.17, 15) is 4.79 Å². The average molecular weight is 396 g/mol. The highest BCUT2D eigenvalue weighted by Gasteiger charge is 2.11. The van der Waals surface area contributed by atoms with E-state index in [0.29, 0.717) is 12.0 Å². The molecular weight excluding hydrogens is 370 g/mol. The number of carbonyl (C=O) groups excluding carboxylic acids is 1. The molecule has 0 spiro atoms. The Morgan fingerprint density at radius 1 is 1.11 bits per heavy atom. The number of aromatic nitrogens is 3. The van der Waals surface area contributed by atoms with Crippen LogP contribution in [0.15, 0.2) is 60.1 Å². The van der Waals surface area contributed by atoms with Crippen molar-refractivity contribution in [2.45, 2.75) is 44.7 Å². The van der Waals surface area contributed by atoms with E-state index in [4.69, 9.17) is 0 Å². The van der Waals surface area contributed by atoms with Gasteiger partial charge in [-0.25, -0.2) is 9.78 Å². The fraction of sp³-hybridized carbons (Fsp3) is 0.286. The SMILES string of the molecule is CC(C)c1cc(-c2ccccc2NC(=O)NSc2cn(C(C)C)cn2)ccn1. The molecule has 0 atom stereocenters. The van der Waals surface area contributed by atoms with Crippen molar-refractivity contribution in [1.29, 1.82) is 0 Å². The van der Waals surface area contributed by atoms with Crippen LogP contribution in [0.3, 0.4) is 0 Å². The maximum Gasteiger partial charge on any atom is 0.329 e. The fourth-order valence-electron chi connectivity index (χ4n) is 2.67. The van der Waals surface area contributed by atoms with E-state index in [1.54, 1.807) is 6.33 Å². The number of benzene rings is 1. The van der Waals surface area contributed by atoms with E-state index in [0.717, 1.165) is 27.5 Å². The van der Waals surface area contributed by atoms with Crippen LogP contribution in [0.1, 0.15) is 45.3 Å². The van der Waals surface area contributed by atoms with E-state index in [-0.39, 0.29) is 6.03 Å². The lowest BCUT2D eigenvalue weighted by atomic mass is 10.0. The Balaban J connectivity index is 1.70. The van der Waals surface area contributed by atoms with Gasteiger partial charge in [-0.2, -0.15) is 0 Å². The summed E-state index contributed by atoms with van der Waals surface area (Å²) in [6, 6.07) is 11.8. The third kappa shape index (κ3) is 4.92. The molecule has 0 saturated heterocycles. The van der Waals surface area contributed by atoms with Crippen LogP contribution in [-0.4, -0.2) is 20.6 Å². The maximum absolute atomic E-state index is 12.4. The third-order valence-corrected chi connectivity index (χ3v) is 4.99. The molecule has 3 aromatic rings. The van der Waals surface area contributed by atoms with E-state index in [1.165, 1.54) is 11.9 Å². The first-order valence-corrected chi connectivity index (χ1v) is 10.1. The summed E-state index contributed by atoms with van der Waals surface area (Å²) in [7, 11) is 0. The van der Waals surface area contributed by atoms with Gasteiger partial charge in [0.2, 0.25) is 0 Å². The first kappa shape index (κ1) is 19.9. The summed E-state index contributed by atoms with van der Waals surface area (Å²) >= 11 is 1.19. The van der Waals surface area contributed by atoms with Gasteiger partial charge >= 0.3 is 6.03 Å². The van der Waals surface area contributed by atoms with Crippen molar-refractivity contribution in [2.75, 3.05) is 5.32 Å². The van der Waals surface area contributed by atoms with Crippen molar-refractivity contribution in [3.63, 3.8) is 0 Å². The first-order valence-electron chi connectivity index (χ1n) is 9.26. The second kappa shape index (κ2) is 8.93. The minimum absolute atomic E-state index is 0.297. The minimum atomic E-state index is -0.297. The number of nitrogens with one attached hydrogen (secondary N) is 2. The van der Waals surface area contributed by atoms with Gasteiger partial charge in [0.1, 0.15) is 5.03 Å². The Kier molecular flexibility index (Phi) is 6.36. The van der Waals surface area contributed by atoms with Gasteiger partial charge in [0.05, 0.1) is 12.0 Å². The monoisotopic (exact) mass is 395 g/mol. The van der Waals surface area contributed by atoms with Crippen LogP contribution in [0.5, 0.6) is 0 Å². The topological polar surface area (TPSA) is 71.8 Å². The molecule has 2 N–H and O–H groups in total. The molecule has 0 unspecified atom stereocenters. The van der Waals surface area contributed by atoms with Gasteiger partial charge in [-0.15, -0.1) is 0 Å². The van der Waals surface area contributed by atoms with Gasteiger partial charge in [-0.1, -0.05) is 32.0 Å². The molecule has 0 aliphatic heterocycles. The Bertz CT molecular complexity index is 951. The van der Waals surface area contributed by atoms with Crippen molar-refractivity contribution in [2.24, 2.45) is 0 Å². The van der Waals surface area contributed by atoms with Crippen molar-refractivity contribution < 1.29 is 4.79 Å². The lowest BCUT2D eigenvalue weighted by Gasteiger charge is -2.13. The van der Waals surface area contributed by atoms with E-state index in [1.807, 2.05) is 47.3 Å². The van der Waals surface area contributed by atoms with Crippen molar-refractivity contribution in [3.05, 3.63) is 60.8 Å². The molecule has 6 nitrogen and oxygen atoms in total. The summed E-state index contributed by atoms with van der Waals surface area (Å²) < 4.78 is 4.78. The first-order chi connectivity index (χ1) is 13.4. The highest BCUT2D eigenvalue weighted by atomic mass is 32.2. The number of pyridine rings is 1. The molecule has 3 rings (SSSR count). The summed E-state index contributed by atoms with van der Waals surface area (Å²) in [6.07, 6.45) is 5.48. The molecule has 7 heteroatoms. The highest BCUT2D eigenvalue weighted by molar-refractivity contribution is 7.97. The molecule has 146 valence electrons. The normalized spacial score (nSPS) is 11.1. The summed E-state index contributed by atoms with van der Waals surface area (Å²) in [5.74, 6) is 0.338. The second-order valence-electron chi connectivity index (χ2n) is 7.08. The largest absolute Gasteiger partial charge is 0.334 e. The van der Waals surface area contributed by atoms with Crippen molar-refractivity contribution >= 4 is 23.7 Å². The number of nitrogens with zero attached hydrogens (tertiary/aromatic N) is 3. The summed E-state index contributed by atoms with van der Waals surface area (Å²) in [4.78, 5) is 21.1. The lowest BCUT2D eigenvalue weighted by molar-refractivity contribution is 0.257. The van der Waals surface area contributed by atoms with Crippen LogP contribution in [0.4, 0.5) is 10.5 Å². The molecule has 0 aliphatic rings. The molecule has 2 amide bonds. The number of hydrogen-bond donors (Lipinski definition) is 2. The Hall–Kier alpha value is -2.80.